The van der Waals surface area contributed by atoms with Crippen LogP contribution in [-0.2, 0) is 6.42 Å². The molecule has 2 heterocycles. The molecule has 2 aromatic rings. The number of ether oxygens (including phenoxy) is 1. The van der Waals surface area contributed by atoms with Gasteiger partial charge < -0.3 is 20.5 Å². The number of benzene rings is 1. The Morgan fingerprint density at radius 2 is 2.35 bits per heavy atom. The molecule has 120 valence electrons. The molecule has 2 unspecified atom stereocenters. The summed E-state index contributed by atoms with van der Waals surface area (Å²) in [5.74, 6) is 6.72. The van der Waals surface area contributed by atoms with Crippen molar-refractivity contribution in [2.24, 2.45) is 0 Å². The van der Waals surface area contributed by atoms with E-state index in [1.165, 1.54) is 11.3 Å². The fourth-order valence-electron chi connectivity index (χ4n) is 2.58. The van der Waals surface area contributed by atoms with Crippen LogP contribution >= 0.6 is 11.3 Å². The molecule has 1 aromatic carbocycles. The molecule has 3 rings (SSSR count). The first kappa shape index (κ1) is 15.4. The van der Waals surface area contributed by atoms with Gasteiger partial charge in [0.25, 0.3) is 0 Å². The van der Waals surface area contributed by atoms with Crippen LogP contribution in [0.25, 0.3) is 10.2 Å². The number of anilines is 1. The molecule has 0 radical (unpaired) electrons. The number of fused-ring (bicyclic) bond motifs is 3. The van der Waals surface area contributed by atoms with Crippen LogP contribution in [0.4, 0.5) is 9.93 Å². The number of carboxylic acid groups (broad SMARTS) is 1. The van der Waals surface area contributed by atoms with Gasteiger partial charge in [-0.05, 0) is 26.0 Å². The zero-order valence-corrected chi connectivity index (χ0v) is 13.7. The average molecular weight is 331 g/mol. The second kappa shape index (κ2) is 6.34. The van der Waals surface area contributed by atoms with Crippen molar-refractivity contribution in [3.8, 4) is 17.6 Å². The second-order valence-electron chi connectivity index (χ2n) is 5.26. The number of carbonyl (C=O) groups is 1. The number of aromatic nitrogens is 1. The fraction of sp³-hybridized carbons (Fsp3) is 0.375. The first-order valence-electron chi connectivity index (χ1n) is 7.32. The van der Waals surface area contributed by atoms with E-state index in [2.05, 4.69) is 27.5 Å². The van der Waals surface area contributed by atoms with Gasteiger partial charge in [-0.25, -0.2) is 9.78 Å². The van der Waals surface area contributed by atoms with Crippen LogP contribution in [0.2, 0.25) is 0 Å². The Hall–Kier alpha value is -2.46. The van der Waals surface area contributed by atoms with Gasteiger partial charge in [0, 0.05) is 12.0 Å². The number of thiazole rings is 1. The van der Waals surface area contributed by atoms with Crippen LogP contribution in [0, 0.1) is 11.8 Å². The minimum Gasteiger partial charge on any atom is -0.493 e. The van der Waals surface area contributed by atoms with Gasteiger partial charge >= 0.3 is 6.09 Å². The van der Waals surface area contributed by atoms with Crippen molar-refractivity contribution in [2.45, 2.75) is 32.4 Å². The number of rotatable bonds is 4. The molecule has 0 saturated carbocycles. The van der Waals surface area contributed by atoms with E-state index in [1.54, 1.807) is 13.8 Å². The molecular formula is C16H17N3O3S. The molecule has 0 saturated heterocycles. The van der Waals surface area contributed by atoms with E-state index >= 15 is 0 Å². The summed E-state index contributed by atoms with van der Waals surface area (Å²) in [5.41, 5.74) is 2.09. The molecule has 1 aromatic heterocycles. The lowest BCUT2D eigenvalue weighted by Crippen LogP contribution is -2.43. The third-order valence-corrected chi connectivity index (χ3v) is 4.61. The van der Waals surface area contributed by atoms with Gasteiger partial charge in [-0.1, -0.05) is 17.3 Å². The van der Waals surface area contributed by atoms with Crippen LogP contribution in [0.5, 0.6) is 5.75 Å². The molecule has 0 spiro atoms. The summed E-state index contributed by atoms with van der Waals surface area (Å²) in [6.07, 6.45) is -0.202. The Kier molecular flexibility index (Phi) is 4.26. The van der Waals surface area contributed by atoms with Crippen molar-refractivity contribution in [1.29, 1.82) is 0 Å². The first-order chi connectivity index (χ1) is 11.1. The molecule has 2 atom stereocenters. The first-order valence-corrected chi connectivity index (χ1v) is 8.13. The maximum atomic E-state index is 10.8. The Morgan fingerprint density at radius 3 is 3.09 bits per heavy atom. The lowest BCUT2D eigenvalue weighted by atomic mass is 10.1. The van der Waals surface area contributed by atoms with Gasteiger partial charge in [0.15, 0.2) is 5.13 Å². The van der Waals surface area contributed by atoms with Crippen LogP contribution < -0.4 is 15.4 Å². The monoisotopic (exact) mass is 331 g/mol. The van der Waals surface area contributed by atoms with Crippen molar-refractivity contribution in [3.05, 3.63) is 17.7 Å². The topological polar surface area (TPSA) is 83.5 Å². The Bertz CT molecular complexity index is 806. The highest BCUT2D eigenvalue weighted by atomic mass is 32.1. The summed E-state index contributed by atoms with van der Waals surface area (Å²) in [6, 6.07) is 3.27. The lowest BCUT2D eigenvalue weighted by molar-refractivity contribution is 0.190. The Balaban J connectivity index is 1.87. The van der Waals surface area contributed by atoms with Gasteiger partial charge in [0.1, 0.15) is 11.8 Å². The number of amides is 1. The average Bonchev–Trinajstić information content (AvgIpc) is 3.11. The molecule has 1 aliphatic heterocycles. The van der Waals surface area contributed by atoms with Crippen molar-refractivity contribution in [2.75, 3.05) is 11.9 Å². The summed E-state index contributed by atoms with van der Waals surface area (Å²) in [4.78, 5) is 15.5. The minimum absolute atomic E-state index is 0.346. The maximum Gasteiger partial charge on any atom is 0.404 e. The van der Waals surface area contributed by atoms with E-state index in [-0.39, 0.29) is 12.1 Å². The fourth-order valence-corrected chi connectivity index (χ4v) is 3.52. The Morgan fingerprint density at radius 1 is 1.52 bits per heavy atom. The largest absolute Gasteiger partial charge is 0.493 e. The molecule has 1 aliphatic rings. The molecule has 6 nitrogen and oxygen atoms in total. The molecule has 0 fully saturated rings. The number of hydrogen-bond acceptors (Lipinski definition) is 5. The number of nitrogens with one attached hydrogen (secondary N) is 2. The van der Waals surface area contributed by atoms with E-state index in [1.807, 2.05) is 12.1 Å². The third-order valence-electron chi connectivity index (χ3n) is 3.66. The summed E-state index contributed by atoms with van der Waals surface area (Å²) in [7, 11) is 0. The normalized spacial score (nSPS) is 15.0. The zero-order valence-electron chi connectivity index (χ0n) is 12.8. The van der Waals surface area contributed by atoms with Gasteiger partial charge in [0.2, 0.25) is 0 Å². The molecule has 7 heteroatoms. The van der Waals surface area contributed by atoms with E-state index in [0.717, 1.165) is 33.1 Å². The summed E-state index contributed by atoms with van der Waals surface area (Å²) in [5, 5.41) is 15.3. The predicted octanol–water partition coefficient (Wildman–Crippen LogP) is 2.69. The minimum atomic E-state index is -1.07. The van der Waals surface area contributed by atoms with E-state index in [0.29, 0.717) is 6.61 Å². The molecule has 3 N–H and O–H groups in total. The van der Waals surface area contributed by atoms with Crippen LogP contribution in [0.15, 0.2) is 12.1 Å². The van der Waals surface area contributed by atoms with Gasteiger partial charge in [0.05, 0.1) is 22.9 Å². The van der Waals surface area contributed by atoms with Crippen LogP contribution in [0.1, 0.15) is 19.4 Å². The highest BCUT2D eigenvalue weighted by Gasteiger charge is 2.21. The highest BCUT2D eigenvalue weighted by Crippen LogP contribution is 2.36. The zero-order chi connectivity index (χ0) is 16.4. The molecular weight excluding hydrogens is 314 g/mol. The molecule has 23 heavy (non-hydrogen) atoms. The van der Waals surface area contributed by atoms with Crippen LogP contribution in [0.3, 0.4) is 0 Å². The third kappa shape index (κ3) is 3.17. The summed E-state index contributed by atoms with van der Waals surface area (Å²) in [6.45, 7) is 4.19. The smallest absolute Gasteiger partial charge is 0.404 e. The number of hydrogen-bond donors (Lipinski definition) is 3. The summed E-state index contributed by atoms with van der Waals surface area (Å²) < 4.78 is 6.65. The van der Waals surface area contributed by atoms with E-state index in [4.69, 9.17) is 9.84 Å². The van der Waals surface area contributed by atoms with Gasteiger partial charge in [-0.15, -0.1) is 5.92 Å². The SMILES string of the molecule is CC#CC(Nc1nc2c3c(ccc2s1)OCC3)C(C)NC(=O)O. The molecule has 0 bridgehead atoms. The second-order valence-corrected chi connectivity index (χ2v) is 6.29. The highest BCUT2D eigenvalue weighted by molar-refractivity contribution is 7.22. The van der Waals surface area contributed by atoms with Crippen molar-refractivity contribution in [1.82, 2.24) is 10.3 Å². The van der Waals surface area contributed by atoms with E-state index in [9.17, 15) is 4.79 Å². The standard InChI is InChI=1S/C16H17N3O3S/c1-3-4-11(9(2)17-16(20)21)18-15-19-14-10-7-8-22-12(10)5-6-13(14)23-15/h5-6,9,11,17H,7-8H2,1-2H3,(H,18,19)(H,20,21). The molecule has 0 aliphatic carbocycles. The van der Waals surface area contributed by atoms with Crippen molar-refractivity contribution >= 4 is 32.8 Å². The Labute approximate surface area is 137 Å². The predicted molar refractivity (Wildman–Crippen MR) is 90.3 cm³/mol. The van der Waals surface area contributed by atoms with Crippen LogP contribution in [-0.4, -0.2) is 34.9 Å². The quantitative estimate of drug-likeness (QED) is 0.750. The summed E-state index contributed by atoms with van der Waals surface area (Å²) >= 11 is 1.53. The van der Waals surface area contributed by atoms with Crippen molar-refractivity contribution in [3.63, 3.8) is 0 Å². The van der Waals surface area contributed by atoms with Gasteiger partial charge in [-0.2, -0.15) is 0 Å². The molecule has 1 amide bonds. The van der Waals surface area contributed by atoms with Crippen molar-refractivity contribution < 1.29 is 14.6 Å². The maximum absolute atomic E-state index is 10.8. The van der Waals surface area contributed by atoms with Gasteiger partial charge in [-0.3, -0.25) is 0 Å². The lowest BCUT2D eigenvalue weighted by Gasteiger charge is -2.19. The van der Waals surface area contributed by atoms with E-state index < -0.39 is 6.09 Å². The number of nitrogens with zero attached hydrogens (tertiary/aromatic N) is 1.